The van der Waals surface area contributed by atoms with Crippen molar-refractivity contribution in [2.45, 2.75) is 13.5 Å². The summed E-state index contributed by atoms with van der Waals surface area (Å²) in [6.45, 7) is 3.65. The highest BCUT2D eigenvalue weighted by molar-refractivity contribution is 5.71. The number of likely N-dealkylation sites (N-methyl/N-ethyl adjacent to an activating group) is 1. The molecule has 0 aliphatic carbocycles. The van der Waals surface area contributed by atoms with E-state index in [0.29, 0.717) is 6.54 Å². The second-order valence-electron chi connectivity index (χ2n) is 3.08. The van der Waals surface area contributed by atoms with E-state index in [1.165, 1.54) is 7.11 Å². The highest BCUT2D eigenvalue weighted by atomic mass is 16.5. The van der Waals surface area contributed by atoms with Gasteiger partial charge in [-0.25, -0.2) is 0 Å². The van der Waals surface area contributed by atoms with Crippen molar-refractivity contribution >= 4 is 5.97 Å². The Balaban J connectivity index is 2.50. The van der Waals surface area contributed by atoms with E-state index in [2.05, 4.69) is 14.7 Å². The highest BCUT2D eigenvalue weighted by Gasteiger charge is 2.09. The molecule has 0 fully saturated rings. The second-order valence-corrected chi connectivity index (χ2v) is 3.08. The van der Waals surface area contributed by atoms with Crippen molar-refractivity contribution in [3.8, 4) is 0 Å². The minimum absolute atomic E-state index is 0.235. The van der Waals surface area contributed by atoms with Gasteiger partial charge in [0, 0.05) is 25.1 Å². The second kappa shape index (κ2) is 6.08. The molecule has 1 aromatic rings. The minimum Gasteiger partial charge on any atom is -0.468 e. The maximum absolute atomic E-state index is 11.1. The number of hydrogen-bond acceptors (Lipinski definition) is 5. The maximum atomic E-state index is 11.1. The van der Waals surface area contributed by atoms with Crippen molar-refractivity contribution in [1.29, 1.82) is 0 Å². The molecule has 15 heavy (non-hydrogen) atoms. The third-order valence-electron chi connectivity index (χ3n) is 2.03. The molecule has 0 aromatic carbocycles. The lowest BCUT2D eigenvalue weighted by molar-refractivity contribution is -0.142. The van der Waals surface area contributed by atoms with Gasteiger partial charge < -0.3 is 4.74 Å². The van der Waals surface area contributed by atoms with Crippen LogP contribution in [0.25, 0.3) is 0 Å². The summed E-state index contributed by atoms with van der Waals surface area (Å²) in [5.41, 5.74) is 0.850. The Morgan fingerprint density at radius 2 is 2.33 bits per heavy atom. The van der Waals surface area contributed by atoms with Crippen LogP contribution in [-0.2, 0) is 16.1 Å². The van der Waals surface area contributed by atoms with Crippen LogP contribution >= 0.6 is 0 Å². The van der Waals surface area contributed by atoms with Crippen molar-refractivity contribution in [1.82, 2.24) is 14.9 Å². The van der Waals surface area contributed by atoms with Gasteiger partial charge in [0.05, 0.1) is 19.3 Å². The Morgan fingerprint density at radius 3 is 2.87 bits per heavy atom. The fraction of sp³-hybridized carbons (Fsp3) is 0.500. The number of aromatic nitrogens is 2. The van der Waals surface area contributed by atoms with Gasteiger partial charge in [0.2, 0.25) is 0 Å². The van der Waals surface area contributed by atoms with Gasteiger partial charge in [0.1, 0.15) is 0 Å². The van der Waals surface area contributed by atoms with E-state index < -0.39 is 0 Å². The molecule has 82 valence electrons. The monoisotopic (exact) mass is 209 g/mol. The molecule has 0 atom stereocenters. The molecule has 1 rings (SSSR count). The lowest BCUT2D eigenvalue weighted by atomic mass is 10.4. The van der Waals surface area contributed by atoms with Crippen LogP contribution in [0.1, 0.15) is 12.6 Å². The zero-order valence-corrected chi connectivity index (χ0v) is 9.01. The topological polar surface area (TPSA) is 55.3 Å². The SMILES string of the molecule is CCN(CC(=O)OC)Cc1cnccn1. The summed E-state index contributed by atoms with van der Waals surface area (Å²) in [6.07, 6.45) is 4.96. The Labute approximate surface area is 89.1 Å². The Bertz CT molecular complexity index is 303. The average Bonchev–Trinajstić information content (AvgIpc) is 2.29. The Hall–Kier alpha value is -1.49. The van der Waals surface area contributed by atoms with Crippen LogP contribution in [0.4, 0.5) is 0 Å². The number of methoxy groups -OCH3 is 1. The number of carbonyl (C=O) groups is 1. The molecule has 5 nitrogen and oxygen atoms in total. The molecule has 0 N–H and O–H groups in total. The fourth-order valence-electron chi connectivity index (χ4n) is 1.17. The van der Waals surface area contributed by atoms with Crippen LogP contribution in [0.2, 0.25) is 0 Å². The van der Waals surface area contributed by atoms with Gasteiger partial charge in [-0.15, -0.1) is 0 Å². The zero-order chi connectivity index (χ0) is 11.1. The van der Waals surface area contributed by atoms with Crippen molar-refractivity contribution in [3.05, 3.63) is 24.3 Å². The number of rotatable bonds is 5. The summed E-state index contributed by atoms with van der Waals surface area (Å²) in [5.74, 6) is -0.235. The molecular formula is C10H15N3O2. The highest BCUT2D eigenvalue weighted by Crippen LogP contribution is 1.99. The Morgan fingerprint density at radius 1 is 1.53 bits per heavy atom. The summed E-state index contributed by atoms with van der Waals surface area (Å²) in [7, 11) is 1.39. The third kappa shape index (κ3) is 4.03. The van der Waals surface area contributed by atoms with E-state index in [4.69, 9.17) is 0 Å². The lowest BCUT2D eigenvalue weighted by Gasteiger charge is -2.17. The molecular weight excluding hydrogens is 194 g/mol. The Kier molecular flexibility index (Phi) is 4.70. The molecule has 1 aromatic heterocycles. The average molecular weight is 209 g/mol. The van der Waals surface area contributed by atoms with Gasteiger partial charge in [-0.3, -0.25) is 19.7 Å². The number of nitrogens with zero attached hydrogens (tertiary/aromatic N) is 3. The zero-order valence-electron chi connectivity index (χ0n) is 9.01. The molecule has 0 bridgehead atoms. The van der Waals surface area contributed by atoms with Crippen LogP contribution in [0.15, 0.2) is 18.6 Å². The van der Waals surface area contributed by atoms with Crippen molar-refractivity contribution in [2.75, 3.05) is 20.2 Å². The van der Waals surface area contributed by atoms with Crippen molar-refractivity contribution in [3.63, 3.8) is 0 Å². The molecule has 1 heterocycles. The van der Waals surface area contributed by atoms with E-state index >= 15 is 0 Å². The van der Waals surface area contributed by atoms with E-state index in [1.807, 2.05) is 11.8 Å². The van der Waals surface area contributed by atoms with Gasteiger partial charge in [0.15, 0.2) is 0 Å². The largest absolute Gasteiger partial charge is 0.468 e. The van der Waals surface area contributed by atoms with Gasteiger partial charge in [-0.1, -0.05) is 6.92 Å². The molecule has 0 spiro atoms. The van der Waals surface area contributed by atoms with Crippen molar-refractivity contribution < 1.29 is 9.53 Å². The molecule has 5 heteroatoms. The summed E-state index contributed by atoms with van der Waals surface area (Å²) in [6, 6.07) is 0. The molecule has 0 saturated carbocycles. The predicted octanol–water partition coefficient (Wildman–Crippen LogP) is 0.471. The van der Waals surface area contributed by atoms with Gasteiger partial charge >= 0.3 is 5.97 Å². The van der Waals surface area contributed by atoms with E-state index in [1.54, 1.807) is 18.6 Å². The summed E-state index contributed by atoms with van der Waals surface area (Å²) >= 11 is 0. The summed E-state index contributed by atoms with van der Waals surface area (Å²) in [5, 5.41) is 0. The van der Waals surface area contributed by atoms with Gasteiger partial charge in [0.25, 0.3) is 0 Å². The van der Waals surface area contributed by atoms with Crippen LogP contribution in [0, 0.1) is 0 Å². The number of hydrogen-bond donors (Lipinski definition) is 0. The minimum atomic E-state index is -0.235. The van der Waals surface area contributed by atoms with Gasteiger partial charge in [-0.2, -0.15) is 0 Å². The lowest BCUT2D eigenvalue weighted by Crippen LogP contribution is -2.30. The van der Waals surface area contributed by atoms with Crippen LogP contribution in [-0.4, -0.2) is 41.0 Å². The van der Waals surface area contributed by atoms with E-state index in [-0.39, 0.29) is 12.5 Å². The smallest absolute Gasteiger partial charge is 0.319 e. The quantitative estimate of drug-likeness (QED) is 0.660. The normalized spacial score (nSPS) is 10.3. The van der Waals surface area contributed by atoms with Crippen LogP contribution < -0.4 is 0 Å². The first-order valence-corrected chi connectivity index (χ1v) is 4.80. The van der Waals surface area contributed by atoms with E-state index in [9.17, 15) is 4.79 Å². The van der Waals surface area contributed by atoms with Crippen LogP contribution in [0.5, 0.6) is 0 Å². The summed E-state index contributed by atoms with van der Waals surface area (Å²) in [4.78, 5) is 21.1. The first kappa shape index (κ1) is 11.6. The summed E-state index contributed by atoms with van der Waals surface area (Å²) < 4.78 is 4.60. The number of esters is 1. The number of ether oxygens (including phenoxy) is 1. The maximum Gasteiger partial charge on any atom is 0.319 e. The predicted molar refractivity (Wildman–Crippen MR) is 55.0 cm³/mol. The van der Waals surface area contributed by atoms with Crippen LogP contribution in [0.3, 0.4) is 0 Å². The van der Waals surface area contributed by atoms with E-state index in [0.717, 1.165) is 12.2 Å². The molecule has 0 saturated heterocycles. The molecule has 0 aliphatic rings. The standard InChI is InChI=1S/C10H15N3O2/c1-3-13(8-10(14)15-2)7-9-6-11-4-5-12-9/h4-6H,3,7-8H2,1-2H3. The molecule has 0 unspecified atom stereocenters. The fourth-order valence-corrected chi connectivity index (χ4v) is 1.17. The number of carbonyl (C=O) groups excluding carboxylic acids is 1. The molecule has 0 aliphatic heterocycles. The molecule has 0 amide bonds. The first-order valence-electron chi connectivity index (χ1n) is 4.80. The third-order valence-corrected chi connectivity index (χ3v) is 2.03. The molecule has 0 radical (unpaired) electrons. The first-order chi connectivity index (χ1) is 7.26. The van der Waals surface area contributed by atoms with Gasteiger partial charge in [-0.05, 0) is 6.54 Å². The van der Waals surface area contributed by atoms with Crippen molar-refractivity contribution in [2.24, 2.45) is 0 Å².